The first-order chi connectivity index (χ1) is 19.1. The van der Waals surface area contributed by atoms with Crippen LogP contribution < -0.4 is 5.32 Å². The number of benzene rings is 3. The molecule has 0 saturated heterocycles. The third-order valence-corrected chi connectivity index (χ3v) is 7.68. The molecule has 0 aliphatic heterocycles. The van der Waals surface area contributed by atoms with Gasteiger partial charge in [-0.05, 0) is 98.5 Å². The molecule has 5 rings (SSSR count). The quantitative estimate of drug-likeness (QED) is 0.208. The van der Waals surface area contributed by atoms with Crippen LogP contribution in [0, 0.1) is 26.7 Å². The fraction of sp³-hybridized carbons (Fsp3) is 0.333. The lowest BCUT2D eigenvalue weighted by atomic mass is 9.92. The minimum atomic E-state index is -2.93. The first kappa shape index (κ1) is 27.6. The van der Waals surface area contributed by atoms with Gasteiger partial charge >= 0.3 is 0 Å². The number of nitrogens with one attached hydrogen (secondary N) is 1. The number of anilines is 1. The number of amides is 1. The van der Waals surface area contributed by atoms with Crippen LogP contribution in [0.5, 0.6) is 0 Å². The number of rotatable bonds is 9. The van der Waals surface area contributed by atoms with E-state index in [1.165, 1.54) is 18.2 Å². The van der Waals surface area contributed by atoms with Gasteiger partial charge in [0.15, 0.2) is 11.5 Å². The topological polar surface area (TPSA) is 67.2 Å². The molecule has 1 aromatic heterocycles. The Morgan fingerprint density at radius 3 is 2.38 bits per heavy atom. The first-order valence-corrected chi connectivity index (χ1v) is 13.9. The Labute approximate surface area is 233 Å². The van der Waals surface area contributed by atoms with Crippen LogP contribution in [0.2, 0.25) is 0 Å². The van der Waals surface area contributed by atoms with Crippen molar-refractivity contribution in [1.82, 2.24) is 9.71 Å². The van der Waals surface area contributed by atoms with Crippen LogP contribution >= 0.6 is 0 Å². The van der Waals surface area contributed by atoms with Crippen LogP contribution in [0.3, 0.4) is 0 Å². The zero-order valence-corrected chi connectivity index (χ0v) is 23.4. The number of aromatic nitrogens is 2. The zero-order chi connectivity index (χ0) is 28.6. The summed E-state index contributed by atoms with van der Waals surface area (Å²) in [7, 11) is 0. The minimum absolute atomic E-state index is 0.0399. The van der Waals surface area contributed by atoms with E-state index in [4.69, 9.17) is 0 Å². The van der Waals surface area contributed by atoms with Crippen LogP contribution in [-0.4, -0.2) is 20.8 Å². The fourth-order valence-electron chi connectivity index (χ4n) is 5.40. The van der Waals surface area contributed by atoms with E-state index >= 15 is 0 Å². The molecule has 1 aliphatic rings. The highest BCUT2D eigenvalue weighted by molar-refractivity contribution is 6.04. The van der Waals surface area contributed by atoms with E-state index in [0.717, 1.165) is 51.8 Å². The summed E-state index contributed by atoms with van der Waals surface area (Å²) in [5, 5.41) is 13.9. The Morgan fingerprint density at radius 1 is 1.02 bits per heavy atom. The van der Waals surface area contributed by atoms with Crippen molar-refractivity contribution in [3.8, 4) is 22.5 Å². The van der Waals surface area contributed by atoms with E-state index in [1.54, 1.807) is 13.0 Å². The summed E-state index contributed by atoms with van der Waals surface area (Å²) in [6.45, 7) is 7.95. The van der Waals surface area contributed by atoms with Crippen molar-refractivity contribution in [1.29, 1.82) is 0 Å². The van der Waals surface area contributed by atoms with Gasteiger partial charge in [0.2, 0.25) is 0 Å². The molecule has 3 aromatic carbocycles. The highest BCUT2D eigenvalue weighted by atomic mass is 19.3. The number of hydrogen-bond acceptors (Lipinski definition) is 3. The lowest BCUT2D eigenvalue weighted by molar-refractivity contribution is -0.0285. The molecule has 0 spiro atoms. The SMILES string of the molecule is CCCCc1cc(-c2c(C)cccc2C)cc(-c2nc(C)c(C(=O)Nc3cccc(C(F)(F)C4CC4)c3)n2O)c1. The van der Waals surface area contributed by atoms with Gasteiger partial charge in [0.25, 0.3) is 11.8 Å². The number of carbonyl (C=O) groups is 1. The fourth-order valence-corrected chi connectivity index (χ4v) is 5.40. The predicted molar refractivity (Wildman–Crippen MR) is 154 cm³/mol. The smallest absolute Gasteiger partial charge is 0.277 e. The van der Waals surface area contributed by atoms with Crippen molar-refractivity contribution in [2.75, 3.05) is 5.32 Å². The lowest BCUT2D eigenvalue weighted by Crippen LogP contribution is -2.19. The second-order valence-electron chi connectivity index (χ2n) is 10.9. The number of hydrogen-bond donors (Lipinski definition) is 2. The van der Waals surface area contributed by atoms with Gasteiger partial charge in [0, 0.05) is 22.7 Å². The Bertz CT molecular complexity index is 1550. The number of alkyl halides is 2. The van der Waals surface area contributed by atoms with Crippen LogP contribution in [0.1, 0.15) is 71.0 Å². The van der Waals surface area contributed by atoms with Crippen molar-refractivity contribution in [3.05, 3.63) is 94.3 Å². The van der Waals surface area contributed by atoms with Crippen molar-refractivity contribution in [3.63, 3.8) is 0 Å². The summed E-state index contributed by atoms with van der Waals surface area (Å²) < 4.78 is 30.1. The Hall–Kier alpha value is -4.00. The largest absolute Gasteiger partial charge is 0.426 e. The molecule has 0 radical (unpaired) electrons. The summed E-state index contributed by atoms with van der Waals surface area (Å²) in [6, 6.07) is 18.1. The minimum Gasteiger partial charge on any atom is -0.426 e. The van der Waals surface area contributed by atoms with Gasteiger partial charge in [-0.25, -0.2) is 13.8 Å². The van der Waals surface area contributed by atoms with E-state index in [1.807, 2.05) is 18.2 Å². The molecule has 1 aliphatic carbocycles. The molecule has 4 aromatic rings. The molecule has 0 bridgehead atoms. The molecule has 1 fully saturated rings. The zero-order valence-electron chi connectivity index (χ0n) is 23.4. The monoisotopic (exact) mass is 543 g/mol. The van der Waals surface area contributed by atoms with Crippen molar-refractivity contribution in [2.24, 2.45) is 5.92 Å². The number of halogens is 2. The van der Waals surface area contributed by atoms with Crippen LogP contribution in [0.15, 0.2) is 60.7 Å². The molecule has 5 nitrogen and oxygen atoms in total. The van der Waals surface area contributed by atoms with E-state index in [-0.39, 0.29) is 22.8 Å². The highest BCUT2D eigenvalue weighted by Crippen LogP contribution is 2.50. The molecule has 7 heteroatoms. The summed E-state index contributed by atoms with van der Waals surface area (Å²) in [5.74, 6) is -3.95. The van der Waals surface area contributed by atoms with Gasteiger partial charge in [-0.1, -0.05) is 49.7 Å². The van der Waals surface area contributed by atoms with E-state index in [2.05, 4.69) is 49.3 Å². The van der Waals surface area contributed by atoms with Gasteiger partial charge in [-0.3, -0.25) is 4.79 Å². The summed E-state index contributed by atoms with van der Waals surface area (Å²) in [5.41, 5.74) is 6.70. The Morgan fingerprint density at radius 2 is 1.70 bits per heavy atom. The Kier molecular flexibility index (Phi) is 7.49. The maximum absolute atomic E-state index is 14.6. The second-order valence-corrected chi connectivity index (χ2v) is 10.9. The molecule has 0 atom stereocenters. The first-order valence-electron chi connectivity index (χ1n) is 13.9. The highest BCUT2D eigenvalue weighted by Gasteiger charge is 2.48. The van der Waals surface area contributed by atoms with Gasteiger partial charge in [-0.15, -0.1) is 0 Å². The molecule has 208 valence electrons. The average Bonchev–Trinajstić information content (AvgIpc) is 3.73. The molecule has 1 saturated carbocycles. The third-order valence-electron chi connectivity index (χ3n) is 7.68. The molecular formula is C33H35F2N3O2. The number of unbranched alkanes of at least 4 members (excludes halogenated alkanes) is 1. The van der Waals surface area contributed by atoms with Crippen molar-refractivity contribution in [2.45, 2.75) is 65.7 Å². The van der Waals surface area contributed by atoms with Crippen molar-refractivity contribution < 1.29 is 18.8 Å². The van der Waals surface area contributed by atoms with Crippen molar-refractivity contribution >= 4 is 11.6 Å². The molecule has 2 N–H and O–H groups in total. The summed E-state index contributed by atoms with van der Waals surface area (Å²) >= 11 is 0. The van der Waals surface area contributed by atoms with Crippen LogP contribution in [0.25, 0.3) is 22.5 Å². The molecule has 1 amide bonds. The van der Waals surface area contributed by atoms with Gasteiger partial charge < -0.3 is 10.5 Å². The maximum atomic E-state index is 14.6. The van der Waals surface area contributed by atoms with Crippen LogP contribution in [-0.2, 0) is 12.3 Å². The predicted octanol–water partition coefficient (Wildman–Crippen LogP) is 8.48. The maximum Gasteiger partial charge on any atom is 0.277 e. The molecule has 0 unspecified atom stereocenters. The van der Waals surface area contributed by atoms with E-state index in [9.17, 15) is 18.8 Å². The summed E-state index contributed by atoms with van der Waals surface area (Å²) in [6.07, 6.45) is 3.95. The second kappa shape index (κ2) is 10.9. The van der Waals surface area contributed by atoms with Gasteiger partial charge in [0.1, 0.15) is 0 Å². The van der Waals surface area contributed by atoms with Gasteiger partial charge in [0.05, 0.1) is 5.69 Å². The molecule has 1 heterocycles. The number of aryl methyl sites for hydroxylation is 4. The molecular weight excluding hydrogens is 508 g/mol. The molecule has 40 heavy (non-hydrogen) atoms. The van der Waals surface area contributed by atoms with E-state index in [0.29, 0.717) is 24.1 Å². The Balaban J connectivity index is 1.50. The number of nitrogens with zero attached hydrogens (tertiary/aromatic N) is 2. The van der Waals surface area contributed by atoms with Crippen LogP contribution in [0.4, 0.5) is 14.5 Å². The third kappa shape index (κ3) is 5.37. The lowest BCUT2D eigenvalue weighted by Gasteiger charge is -2.17. The number of carbonyl (C=O) groups excluding carboxylic acids is 1. The average molecular weight is 544 g/mol. The summed E-state index contributed by atoms with van der Waals surface area (Å²) in [4.78, 5) is 17.8. The number of imidazole rings is 1. The van der Waals surface area contributed by atoms with Gasteiger partial charge in [-0.2, -0.15) is 4.73 Å². The standard InChI is InChI=1S/C33H35F2N3O2/c1-5-6-11-23-16-24(29-20(2)9-7-10-21(29)3)18-25(17-23)31-36-22(4)30(38(31)40)32(39)37-28-13-8-12-27(19-28)33(34,35)26-14-15-26/h7-10,12-13,16-19,26,40H,5-6,11,14-15H2,1-4H3,(H,37,39). The normalized spacial score (nSPS) is 13.4. The van der Waals surface area contributed by atoms with E-state index < -0.39 is 17.7 Å².